The molecule has 1 rings (SSSR count). The fourth-order valence-corrected chi connectivity index (χ4v) is 1.59. The van der Waals surface area contributed by atoms with Crippen LogP contribution in [0.4, 0.5) is 10.1 Å². The number of phenolic OH excluding ortho intramolecular Hbond substituents is 1. The van der Waals surface area contributed by atoms with Crippen LogP contribution in [0, 0.1) is 0 Å². The summed E-state index contributed by atoms with van der Waals surface area (Å²) in [6.45, 7) is 5.61. The van der Waals surface area contributed by atoms with E-state index in [0.717, 1.165) is 12.0 Å². The van der Waals surface area contributed by atoms with E-state index in [1.807, 2.05) is 18.9 Å². The minimum atomic E-state index is -0.694. The highest BCUT2D eigenvalue weighted by atomic mass is 19.1. The van der Waals surface area contributed by atoms with Gasteiger partial charge in [0.2, 0.25) is 0 Å². The van der Waals surface area contributed by atoms with Crippen molar-refractivity contribution in [3.63, 3.8) is 0 Å². The van der Waals surface area contributed by atoms with Crippen LogP contribution in [0.1, 0.15) is 18.1 Å². The molecule has 1 N–H and O–H groups in total. The van der Waals surface area contributed by atoms with Gasteiger partial charge >= 0.3 is 0 Å². The summed E-state index contributed by atoms with van der Waals surface area (Å²) in [6.07, 6.45) is 4.18. The molecule has 0 spiro atoms. The van der Waals surface area contributed by atoms with Crippen LogP contribution in [0.25, 0.3) is 0 Å². The Kier molecular flexibility index (Phi) is 5.36. The molecule has 0 aliphatic rings. The van der Waals surface area contributed by atoms with E-state index in [2.05, 4.69) is 11.6 Å². The Morgan fingerprint density at radius 2 is 2.17 bits per heavy atom. The van der Waals surface area contributed by atoms with Gasteiger partial charge in [0.15, 0.2) is 0 Å². The smallest absolute Gasteiger partial charge is 0.121 e. The van der Waals surface area contributed by atoms with Crippen molar-refractivity contribution in [2.24, 2.45) is 4.99 Å². The number of halogens is 1. The molecule has 0 radical (unpaired) electrons. The average molecular weight is 250 g/mol. The van der Waals surface area contributed by atoms with E-state index in [1.165, 1.54) is 0 Å². The Morgan fingerprint density at radius 1 is 1.44 bits per heavy atom. The number of hydrogen-bond donors (Lipinski definition) is 1. The second kappa shape index (κ2) is 6.79. The molecule has 1 aromatic rings. The molecule has 0 saturated heterocycles. The number of hydrogen-bond acceptors (Lipinski definition) is 2. The van der Waals surface area contributed by atoms with Gasteiger partial charge < -0.3 is 10.0 Å². The van der Waals surface area contributed by atoms with E-state index in [4.69, 9.17) is 0 Å². The van der Waals surface area contributed by atoms with Crippen molar-refractivity contribution in [2.75, 3.05) is 13.6 Å². The number of benzene rings is 1. The predicted octanol–water partition coefficient (Wildman–Crippen LogP) is 3.20. The molecule has 3 nitrogen and oxygen atoms in total. The Morgan fingerprint density at radius 3 is 2.72 bits per heavy atom. The molecule has 4 heteroatoms. The summed E-state index contributed by atoms with van der Waals surface area (Å²) in [5.74, 6) is -0.00672. The van der Waals surface area contributed by atoms with Crippen LogP contribution in [-0.4, -0.2) is 29.9 Å². The normalized spacial score (nSPS) is 10.8. The lowest BCUT2D eigenvalue weighted by Crippen LogP contribution is -2.15. The second-order valence-corrected chi connectivity index (χ2v) is 4.07. The Hall–Kier alpha value is -1.84. The van der Waals surface area contributed by atoms with Crippen LogP contribution >= 0.6 is 0 Å². The Labute approximate surface area is 107 Å². The fraction of sp³-hybridized carbons (Fsp3) is 0.357. The second-order valence-electron chi connectivity index (χ2n) is 4.07. The fourth-order valence-electron chi connectivity index (χ4n) is 1.59. The molecule has 0 aliphatic heterocycles. The van der Waals surface area contributed by atoms with E-state index in [9.17, 15) is 9.50 Å². The largest absolute Gasteiger partial charge is 0.508 e. The van der Waals surface area contributed by atoms with Gasteiger partial charge in [0.05, 0.1) is 12.0 Å². The van der Waals surface area contributed by atoms with Gasteiger partial charge in [0, 0.05) is 19.2 Å². The number of phenols is 1. The molecule has 0 unspecified atom stereocenters. The van der Waals surface area contributed by atoms with Crippen LogP contribution < -0.4 is 0 Å². The number of likely N-dealkylation sites (N-methyl/N-ethyl adjacent to an activating group) is 1. The van der Waals surface area contributed by atoms with Crippen molar-refractivity contribution in [1.29, 1.82) is 0 Å². The van der Waals surface area contributed by atoms with Crippen LogP contribution in [-0.2, 0) is 13.1 Å². The van der Waals surface area contributed by atoms with E-state index >= 15 is 0 Å². The third kappa shape index (κ3) is 3.58. The topological polar surface area (TPSA) is 35.8 Å². The summed E-state index contributed by atoms with van der Waals surface area (Å²) >= 11 is 0. The number of rotatable bonds is 6. The third-order valence-corrected chi connectivity index (χ3v) is 2.62. The van der Waals surface area contributed by atoms with Crippen molar-refractivity contribution in [1.82, 2.24) is 4.90 Å². The van der Waals surface area contributed by atoms with Crippen molar-refractivity contribution in [2.45, 2.75) is 20.0 Å². The molecule has 0 fully saturated rings. The Bertz CT molecular complexity index is 444. The van der Waals surface area contributed by atoms with Crippen LogP contribution in [0.2, 0.25) is 0 Å². The van der Waals surface area contributed by atoms with Crippen molar-refractivity contribution < 1.29 is 9.50 Å². The molecule has 0 aliphatic carbocycles. The van der Waals surface area contributed by atoms with Gasteiger partial charge in [-0.3, -0.25) is 0 Å². The van der Waals surface area contributed by atoms with Crippen molar-refractivity contribution >= 4 is 12.0 Å². The van der Waals surface area contributed by atoms with Crippen LogP contribution in [0.5, 0.6) is 5.75 Å². The first-order valence-electron chi connectivity index (χ1n) is 5.88. The van der Waals surface area contributed by atoms with Crippen LogP contribution in [0.15, 0.2) is 29.8 Å². The zero-order valence-corrected chi connectivity index (χ0v) is 10.9. The van der Waals surface area contributed by atoms with Crippen LogP contribution in [0.3, 0.4) is 0 Å². The number of nitrogens with zero attached hydrogens (tertiary/aromatic N) is 2. The minimum absolute atomic E-state index is 0.00672. The highest BCUT2D eigenvalue weighted by Gasteiger charge is 2.07. The van der Waals surface area contributed by atoms with Crippen molar-refractivity contribution in [3.8, 4) is 5.75 Å². The van der Waals surface area contributed by atoms with E-state index in [-0.39, 0.29) is 11.3 Å². The molecule has 1 aromatic carbocycles. The van der Waals surface area contributed by atoms with E-state index in [1.54, 1.807) is 24.5 Å². The molecule has 0 bridgehead atoms. The molecule has 0 amide bonds. The molecule has 18 heavy (non-hydrogen) atoms. The van der Waals surface area contributed by atoms with Gasteiger partial charge in [0.1, 0.15) is 12.4 Å². The summed E-state index contributed by atoms with van der Waals surface area (Å²) in [4.78, 5) is 6.19. The monoisotopic (exact) mass is 250 g/mol. The maximum atomic E-state index is 12.7. The first-order valence-corrected chi connectivity index (χ1v) is 5.88. The highest BCUT2D eigenvalue weighted by Crippen LogP contribution is 2.29. The van der Waals surface area contributed by atoms with E-state index < -0.39 is 6.67 Å². The molecule has 0 heterocycles. The summed E-state index contributed by atoms with van der Waals surface area (Å²) in [5, 5.41) is 9.59. The third-order valence-electron chi connectivity index (χ3n) is 2.62. The SMILES string of the molecule is C=CCN(C)C=Nc1cc(CF)c(O)cc1CC. The van der Waals surface area contributed by atoms with Gasteiger partial charge in [-0.15, -0.1) is 6.58 Å². The number of aromatic hydroxyl groups is 1. The quantitative estimate of drug-likeness (QED) is 0.478. The predicted molar refractivity (Wildman–Crippen MR) is 73.3 cm³/mol. The molecular weight excluding hydrogens is 231 g/mol. The van der Waals surface area contributed by atoms with Gasteiger partial charge in [-0.05, 0) is 24.1 Å². The van der Waals surface area contributed by atoms with Gasteiger partial charge in [0.25, 0.3) is 0 Å². The molecule has 0 atom stereocenters. The summed E-state index contributed by atoms with van der Waals surface area (Å²) in [7, 11) is 1.88. The van der Waals surface area contributed by atoms with Gasteiger partial charge in [-0.2, -0.15) is 0 Å². The number of alkyl halides is 1. The lowest BCUT2D eigenvalue weighted by molar-refractivity contribution is 0.432. The highest BCUT2D eigenvalue weighted by molar-refractivity contribution is 5.65. The molecule has 0 aromatic heterocycles. The average Bonchev–Trinajstić information content (AvgIpc) is 2.37. The standard InChI is InChI=1S/C14H19FN2O/c1-4-6-17(3)10-16-13-7-12(9-15)14(18)8-11(13)5-2/h4,7-8,10,18H,1,5-6,9H2,2-3H3. The first-order chi connectivity index (χ1) is 8.62. The molecule has 98 valence electrons. The minimum Gasteiger partial charge on any atom is -0.508 e. The maximum Gasteiger partial charge on any atom is 0.121 e. The lowest BCUT2D eigenvalue weighted by atomic mass is 10.1. The van der Waals surface area contributed by atoms with Crippen molar-refractivity contribution in [3.05, 3.63) is 35.9 Å². The molecule has 0 saturated carbocycles. The summed E-state index contributed by atoms with van der Waals surface area (Å²) in [6, 6.07) is 3.17. The Balaban J connectivity index is 3.02. The van der Waals surface area contributed by atoms with Gasteiger partial charge in [-0.1, -0.05) is 13.0 Å². The zero-order valence-electron chi connectivity index (χ0n) is 10.9. The summed E-state index contributed by atoms with van der Waals surface area (Å²) in [5.41, 5.74) is 1.86. The number of aliphatic imine (C=N–C) groups is 1. The molecular formula is C14H19FN2O. The number of aryl methyl sites for hydroxylation is 1. The maximum absolute atomic E-state index is 12.7. The van der Waals surface area contributed by atoms with E-state index in [0.29, 0.717) is 12.2 Å². The lowest BCUT2D eigenvalue weighted by Gasteiger charge is -2.11. The zero-order chi connectivity index (χ0) is 13.5. The van der Waals surface area contributed by atoms with Gasteiger partial charge in [-0.25, -0.2) is 9.38 Å². The first kappa shape index (κ1) is 14.2. The summed E-state index contributed by atoms with van der Waals surface area (Å²) < 4.78 is 12.7.